The Morgan fingerprint density at radius 3 is 2.33 bits per heavy atom. The summed E-state index contributed by atoms with van der Waals surface area (Å²) in [7, 11) is 0. The first-order chi connectivity index (χ1) is 14.6. The first kappa shape index (κ1) is 20.5. The highest BCUT2D eigenvalue weighted by Gasteiger charge is 2.42. The molecule has 30 heavy (non-hydrogen) atoms. The zero-order valence-corrected chi connectivity index (χ0v) is 17.8. The third-order valence-electron chi connectivity index (χ3n) is 5.47. The Morgan fingerprint density at radius 1 is 0.967 bits per heavy atom. The van der Waals surface area contributed by atoms with Crippen molar-refractivity contribution in [2.75, 3.05) is 19.7 Å². The van der Waals surface area contributed by atoms with Gasteiger partial charge in [-0.05, 0) is 48.6 Å². The molecule has 1 saturated heterocycles. The second-order valence-corrected chi connectivity index (χ2v) is 7.99. The van der Waals surface area contributed by atoms with Gasteiger partial charge < -0.3 is 9.64 Å². The van der Waals surface area contributed by atoms with Gasteiger partial charge in [-0.1, -0.05) is 48.9 Å². The van der Waals surface area contributed by atoms with E-state index in [0.717, 1.165) is 49.2 Å². The molecule has 2 aliphatic rings. The molecule has 6 heteroatoms. The van der Waals surface area contributed by atoms with E-state index in [2.05, 4.69) is 6.92 Å². The van der Waals surface area contributed by atoms with Crippen LogP contribution in [0.1, 0.15) is 37.3 Å². The fraction of sp³-hybridized carbons (Fsp3) is 0.333. The quantitative estimate of drug-likeness (QED) is 0.614. The van der Waals surface area contributed by atoms with E-state index in [4.69, 9.17) is 16.3 Å². The second-order valence-electron chi connectivity index (χ2n) is 7.58. The second kappa shape index (κ2) is 8.92. The third kappa shape index (κ3) is 3.94. The van der Waals surface area contributed by atoms with E-state index in [1.54, 1.807) is 6.07 Å². The molecule has 2 aliphatic heterocycles. The van der Waals surface area contributed by atoms with Crippen molar-refractivity contribution in [3.05, 3.63) is 70.4 Å². The van der Waals surface area contributed by atoms with Crippen LogP contribution in [0.3, 0.4) is 0 Å². The molecule has 0 aromatic heterocycles. The van der Waals surface area contributed by atoms with Crippen LogP contribution in [0.5, 0.6) is 5.75 Å². The monoisotopic (exact) mass is 424 g/mol. The van der Waals surface area contributed by atoms with Crippen LogP contribution >= 0.6 is 11.6 Å². The van der Waals surface area contributed by atoms with Gasteiger partial charge in [0.25, 0.3) is 11.8 Å². The van der Waals surface area contributed by atoms with Crippen molar-refractivity contribution in [2.24, 2.45) is 0 Å². The fourth-order valence-corrected chi connectivity index (χ4v) is 4.13. The van der Waals surface area contributed by atoms with Crippen molar-refractivity contribution in [2.45, 2.75) is 32.7 Å². The molecule has 0 N–H and O–H groups in total. The Bertz CT molecular complexity index is 978. The van der Waals surface area contributed by atoms with E-state index in [0.29, 0.717) is 22.9 Å². The molecule has 1 fully saturated rings. The summed E-state index contributed by atoms with van der Waals surface area (Å²) >= 11 is 6.29. The summed E-state index contributed by atoms with van der Waals surface area (Å²) in [4.78, 5) is 30.1. The number of ether oxygens (including phenoxy) is 1. The number of carbonyl (C=O) groups is 2. The Balaban J connectivity index is 1.68. The van der Waals surface area contributed by atoms with E-state index in [1.807, 2.05) is 47.4 Å². The molecule has 5 nitrogen and oxygen atoms in total. The lowest BCUT2D eigenvalue weighted by molar-refractivity contribution is -0.138. The van der Waals surface area contributed by atoms with Crippen LogP contribution in [0.4, 0.5) is 0 Å². The molecule has 0 unspecified atom stereocenters. The highest BCUT2D eigenvalue weighted by molar-refractivity contribution is 6.35. The zero-order chi connectivity index (χ0) is 21.1. The summed E-state index contributed by atoms with van der Waals surface area (Å²) in [5.41, 5.74) is 2.47. The van der Waals surface area contributed by atoms with Crippen molar-refractivity contribution in [1.29, 1.82) is 0 Å². The van der Waals surface area contributed by atoms with Gasteiger partial charge in [0, 0.05) is 18.1 Å². The predicted octanol–water partition coefficient (Wildman–Crippen LogP) is 4.50. The van der Waals surface area contributed by atoms with Crippen molar-refractivity contribution >= 4 is 29.0 Å². The highest BCUT2D eigenvalue weighted by Crippen LogP contribution is 2.35. The number of hydrogen-bond acceptors (Lipinski definition) is 4. The van der Waals surface area contributed by atoms with E-state index >= 15 is 0 Å². The molecular weight excluding hydrogens is 400 g/mol. The minimum Gasteiger partial charge on any atom is -0.494 e. The average Bonchev–Trinajstić information content (AvgIpc) is 3.36. The Hall–Kier alpha value is -2.79. The lowest BCUT2D eigenvalue weighted by Gasteiger charge is -2.20. The maximum atomic E-state index is 13.4. The van der Waals surface area contributed by atoms with Crippen LogP contribution in [0, 0.1) is 0 Å². The van der Waals surface area contributed by atoms with Crippen LogP contribution in [-0.4, -0.2) is 41.3 Å². The molecule has 0 radical (unpaired) electrons. The summed E-state index contributed by atoms with van der Waals surface area (Å²) in [6, 6.07) is 14.7. The third-order valence-corrected chi connectivity index (χ3v) is 5.84. The van der Waals surface area contributed by atoms with Gasteiger partial charge in [0.05, 0.1) is 18.7 Å². The van der Waals surface area contributed by atoms with Crippen LogP contribution < -0.4 is 4.74 Å². The first-order valence-electron chi connectivity index (χ1n) is 10.4. The fourth-order valence-electron chi connectivity index (χ4n) is 3.94. The lowest BCUT2D eigenvalue weighted by atomic mass is 10.0. The van der Waals surface area contributed by atoms with Crippen molar-refractivity contribution < 1.29 is 14.3 Å². The number of hydrogen-bond donors (Lipinski definition) is 0. The molecule has 2 heterocycles. The van der Waals surface area contributed by atoms with Crippen LogP contribution in [0.25, 0.3) is 5.57 Å². The number of rotatable bonds is 7. The Kier molecular flexibility index (Phi) is 6.09. The molecule has 2 amide bonds. The number of carbonyl (C=O) groups excluding carboxylic acids is 2. The van der Waals surface area contributed by atoms with E-state index in [-0.39, 0.29) is 18.4 Å². The van der Waals surface area contributed by atoms with Gasteiger partial charge in [-0.15, -0.1) is 0 Å². The number of halogens is 1. The minimum atomic E-state index is -0.274. The van der Waals surface area contributed by atoms with Gasteiger partial charge >= 0.3 is 0 Å². The van der Waals surface area contributed by atoms with Crippen LogP contribution in [0.2, 0.25) is 5.02 Å². The molecule has 0 saturated carbocycles. The molecule has 156 valence electrons. The molecule has 0 spiro atoms. The number of amides is 2. The predicted molar refractivity (Wildman–Crippen MR) is 117 cm³/mol. The lowest BCUT2D eigenvalue weighted by Crippen LogP contribution is -2.34. The van der Waals surface area contributed by atoms with Gasteiger partial charge in [-0.3, -0.25) is 14.5 Å². The van der Waals surface area contributed by atoms with Crippen molar-refractivity contribution in [3.8, 4) is 5.75 Å². The normalized spacial score (nSPS) is 16.7. The van der Waals surface area contributed by atoms with E-state index in [1.165, 1.54) is 4.90 Å². The van der Waals surface area contributed by atoms with Gasteiger partial charge in [0.1, 0.15) is 11.4 Å². The standard InChI is InChI=1S/C24H25ClN2O3/c1-2-15-30-19-11-9-17(10-12-19)21-22(26-13-5-6-14-26)24(29)27(23(21)28)16-18-7-3-4-8-20(18)25/h3-4,7-12H,2,5-6,13-16H2,1H3. The number of benzene rings is 2. The smallest absolute Gasteiger partial charge is 0.278 e. The molecule has 0 bridgehead atoms. The summed E-state index contributed by atoms with van der Waals surface area (Å²) in [6.07, 6.45) is 2.97. The largest absolute Gasteiger partial charge is 0.494 e. The number of likely N-dealkylation sites (tertiary alicyclic amines) is 1. The van der Waals surface area contributed by atoms with E-state index < -0.39 is 0 Å². The summed E-state index contributed by atoms with van der Waals surface area (Å²) < 4.78 is 5.66. The van der Waals surface area contributed by atoms with Gasteiger partial charge in [0.2, 0.25) is 0 Å². The summed E-state index contributed by atoms with van der Waals surface area (Å²) in [6.45, 7) is 4.43. The molecule has 0 atom stereocenters. The maximum Gasteiger partial charge on any atom is 0.278 e. The Labute approximate surface area is 181 Å². The van der Waals surface area contributed by atoms with Gasteiger partial charge in [-0.2, -0.15) is 0 Å². The Morgan fingerprint density at radius 2 is 1.67 bits per heavy atom. The number of imide groups is 1. The minimum absolute atomic E-state index is 0.163. The van der Waals surface area contributed by atoms with Crippen molar-refractivity contribution in [3.63, 3.8) is 0 Å². The summed E-state index contributed by atoms with van der Waals surface area (Å²) in [5, 5.41) is 0.548. The zero-order valence-electron chi connectivity index (χ0n) is 17.1. The highest BCUT2D eigenvalue weighted by atomic mass is 35.5. The van der Waals surface area contributed by atoms with Crippen LogP contribution in [-0.2, 0) is 16.1 Å². The molecular formula is C24H25ClN2O3. The SMILES string of the molecule is CCCOc1ccc(C2=C(N3CCCC3)C(=O)N(Cc3ccccc3Cl)C2=O)cc1. The van der Waals surface area contributed by atoms with Crippen LogP contribution in [0.15, 0.2) is 54.2 Å². The maximum absolute atomic E-state index is 13.4. The number of nitrogens with zero attached hydrogens (tertiary/aromatic N) is 2. The van der Waals surface area contributed by atoms with Crippen molar-refractivity contribution in [1.82, 2.24) is 9.80 Å². The van der Waals surface area contributed by atoms with Gasteiger partial charge in [-0.25, -0.2) is 0 Å². The summed E-state index contributed by atoms with van der Waals surface area (Å²) in [5.74, 6) is 0.237. The average molecular weight is 425 g/mol. The first-order valence-corrected chi connectivity index (χ1v) is 10.8. The molecule has 2 aromatic carbocycles. The topological polar surface area (TPSA) is 49.9 Å². The molecule has 2 aromatic rings. The van der Waals surface area contributed by atoms with Gasteiger partial charge in [0.15, 0.2) is 0 Å². The molecule has 4 rings (SSSR count). The molecule has 0 aliphatic carbocycles. The van der Waals surface area contributed by atoms with E-state index in [9.17, 15) is 9.59 Å².